The molecular formula is C11H12N2O3. The van der Waals surface area contributed by atoms with E-state index < -0.39 is 17.4 Å². The number of nitrogens with two attached hydrogens (primary N) is 1. The van der Waals surface area contributed by atoms with Gasteiger partial charge in [-0.3, -0.25) is 4.79 Å². The quantitative estimate of drug-likeness (QED) is 0.716. The van der Waals surface area contributed by atoms with Gasteiger partial charge in [0.2, 0.25) is 0 Å². The third-order valence-electron chi connectivity index (χ3n) is 2.86. The number of carbonyl (C=O) groups excluding carboxylic acids is 1. The van der Waals surface area contributed by atoms with Crippen LogP contribution in [0.15, 0.2) is 24.3 Å². The molecule has 0 heterocycles. The molecule has 0 unspecified atom stereocenters. The normalized spacial score (nSPS) is 16.5. The molecule has 0 aliphatic heterocycles. The van der Waals surface area contributed by atoms with E-state index in [-0.39, 0.29) is 0 Å². The van der Waals surface area contributed by atoms with E-state index in [1.165, 1.54) is 0 Å². The highest BCUT2D eigenvalue weighted by Crippen LogP contribution is 2.50. The number of urea groups is 1. The number of amides is 2. The highest BCUT2D eigenvalue weighted by atomic mass is 16.4. The van der Waals surface area contributed by atoms with Crippen LogP contribution in [0.4, 0.5) is 10.5 Å². The van der Waals surface area contributed by atoms with Gasteiger partial charge in [-0.25, -0.2) is 4.79 Å². The second-order valence-electron chi connectivity index (χ2n) is 3.92. The first kappa shape index (κ1) is 10.5. The number of carbonyl (C=O) groups is 2. The SMILES string of the molecule is NC(=O)Nc1ccccc1C1(C(=O)O)CC1. The van der Waals surface area contributed by atoms with Gasteiger partial charge < -0.3 is 16.2 Å². The summed E-state index contributed by atoms with van der Waals surface area (Å²) in [4.78, 5) is 22.0. The van der Waals surface area contributed by atoms with E-state index in [1.54, 1.807) is 24.3 Å². The monoisotopic (exact) mass is 220 g/mol. The number of para-hydroxylation sites is 1. The van der Waals surface area contributed by atoms with Crippen LogP contribution < -0.4 is 11.1 Å². The Hall–Kier alpha value is -2.04. The van der Waals surface area contributed by atoms with Gasteiger partial charge in [-0.1, -0.05) is 18.2 Å². The summed E-state index contributed by atoms with van der Waals surface area (Å²) in [6.07, 6.45) is 1.19. The van der Waals surface area contributed by atoms with Crippen molar-refractivity contribution in [1.82, 2.24) is 0 Å². The molecule has 1 aromatic rings. The third kappa shape index (κ3) is 1.60. The molecule has 2 rings (SSSR count). The number of aliphatic carboxylic acids is 1. The Labute approximate surface area is 92.3 Å². The number of benzene rings is 1. The molecule has 4 N–H and O–H groups in total. The molecular weight excluding hydrogens is 208 g/mol. The van der Waals surface area contributed by atoms with Crippen molar-refractivity contribution in [2.45, 2.75) is 18.3 Å². The van der Waals surface area contributed by atoms with Crippen molar-refractivity contribution in [3.05, 3.63) is 29.8 Å². The van der Waals surface area contributed by atoms with Crippen LogP contribution >= 0.6 is 0 Å². The highest BCUT2D eigenvalue weighted by Gasteiger charge is 2.52. The highest BCUT2D eigenvalue weighted by molar-refractivity contribution is 5.93. The van der Waals surface area contributed by atoms with Gasteiger partial charge in [-0.05, 0) is 24.5 Å². The summed E-state index contributed by atoms with van der Waals surface area (Å²) < 4.78 is 0. The van der Waals surface area contributed by atoms with E-state index in [0.717, 1.165) is 0 Å². The molecule has 0 aromatic heterocycles. The lowest BCUT2D eigenvalue weighted by Gasteiger charge is -2.15. The van der Waals surface area contributed by atoms with Gasteiger partial charge in [0, 0.05) is 5.69 Å². The molecule has 1 aromatic carbocycles. The summed E-state index contributed by atoms with van der Waals surface area (Å²) in [5, 5.41) is 11.6. The number of nitrogens with one attached hydrogen (secondary N) is 1. The van der Waals surface area contributed by atoms with Gasteiger partial charge in [-0.2, -0.15) is 0 Å². The van der Waals surface area contributed by atoms with Crippen molar-refractivity contribution in [3.8, 4) is 0 Å². The Balaban J connectivity index is 2.41. The lowest BCUT2D eigenvalue weighted by molar-refractivity contribution is -0.140. The number of anilines is 1. The maximum atomic E-state index is 11.2. The van der Waals surface area contributed by atoms with E-state index in [9.17, 15) is 14.7 Å². The summed E-state index contributed by atoms with van der Waals surface area (Å²) >= 11 is 0. The maximum absolute atomic E-state index is 11.2. The van der Waals surface area contributed by atoms with Crippen molar-refractivity contribution in [1.29, 1.82) is 0 Å². The molecule has 1 aliphatic carbocycles. The molecule has 0 radical (unpaired) electrons. The summed E-state index contributed by atoms with van der Waals surface area (Å²) in [5.74, 6) is -0.855. The lowest BCUT2D eigenvalue weighted by Crippen LogP contribution is -2.25. The first-order valence-electron chi connectivity index (χ1n) is 4.95. The van der Waals surface area contributed by atoms with Crippen molar-refractivity contribution < 1.29 is 14.7 Å². The van der Waals surface area contributed by atoms with Gasteiger partial charge in [0.1, 0.15) is 0 Å². The second kappa shape index (κ2) is 3.52. The summed E-state index contributed by atoms with van der Waals surface area (Å²) in [7, 11) is 0. The predicted molar refractivity (Wildman–Crippen MR) is 58.2 cm³/mol. The van der Waals surface area contributed by atoms with Crippen LogP contribution in [-0.2, 0) is 10.2 Å². The molecule has 16 heavy (non-hydrogen) atoms. The predicted octanol–water partition coefficient (Wildman–Crippen LogP) is 1.29. The van der Waals surface area contributed by atoms with Crippen LogP contribution in [0, 0.1) is 0 Å². The minimum absolute atomic E-state index is 0.481. The van der Waals surface area contributed by atoms with Crippen LogP contribution in [0.1, 0.15) is 18.4 Å². The van der Waals surface area contributed by atoms with Crippen LogP contribution in [-0.4, -0.2) is 17.1 Å². The standard InChI is InChI=1S/C11H12N2O3/c12-10(16)13-8-4-2-1-3-7(8)11(5-6-11)9(14)15/h1-4H,5-6H2,(H,14,15)(H3,12,13,16). The Bertz CT molecular complexity index is 452. The van der Waals surface area contributed by atoms with Crippen molar-refractivity contribution in [3.63, 3.8) is 0 Å². The first-order chi connectivity index (χ1) is 7.56. The molecule has 5 nitrogen and oxygen atoms in total. The van der Waals surface area contributed by atoms with Crippen molar-refractivity contribution in [2.75, 3.05) is 5.32 Å². The number of primary amides is 1. The average molecular weight is 220 g/mol. The molecule has 84 valence electrons. The molecule has 1 saturated carbocycles. The molecule has 0 saturated heterocycles. The summed E-state index contributed by atoms with van der Waals surface area (Å²) in [6, 6.07) is 6.17. The van der Waals surface area contributed by atoms with Gasteiger partial charge in [0.15, 0.2) is 0 Å². The molecule has 1 fully saturated rings. The summed E-state index contributed by atoms with van der Waals surface area (Å²) in [5.41, 5.74) is 5.31. The first-order valence-corrected chi connectivity index (χ1v) is 4.95. The molecule has 5 heteroatoms. The number of hydrogen-bond donors (Lipinski definition) is 3. The van der Waals surface area contributed by atoms with Gasteiger partial charge >= 0.3 is 12.0 Å². The molecule has 0 spiro atoms. The minimum Gasteiger partial charge on any atom is -0.481 e. The molecule has 1 aliphatic rings. The van der Waals surface area contributed by atoms with E-state index in [0.29, 0.717) is 24.1 Å². The number of carboxylic acids is 1. The van der Waals surface area contributed by atoms with Crippen LogP contribution in [0.3, 0.4) is 0 Å². The number of carboxylic acid groups (broad SMARTS) is 1. The largest absolute Gasteiger partial charge is 0.481 e. The second-order valence-corrected chi connectivity index (χ2v) is 3.92. The number of hydrogen-bond acceptors (Lipinski definition) is 2. The zero-order chi connectivity index (χ0) is 11.8. The van der Waals surface area contributed by atoms with E-state index >= 15 is 0 Å². The molecule has 0 bridgehead atoms. The van der Waals surface area contributed by atoms with Crippen LogP contribution in [0.5, 0.6) is 0 Å². The average Bonchev–Trinajstić information content (AvgIpc) is 2.98. The fraction of sp³-hybridized carbons (Fsp3) is 0.273. The van der Waals surface area contributed by atoms with Crippen molar-refractivity contribution >= 4 is 17.7 Å². The van der Waals surface area contributed by atoms with Crippen molar-refractivity contribution in [2.24, 2.45) is 5.73 Å². The van der Waals surface area contributed by atoms with Crippen LogP contribution in [0.2, 0.25) is 0 Å². The smallest absolute Gasteiger partial charge is 0.316 e. The molecule has 2 amide bonds. The third-order valence-corrected chi connectivity index (χ3v) is 2.86. The Morgan fingerprint density at radius 1 is 1.31 bits per heavy atom. The summed E-state index contributed by atoms with van der Waals surface area (Å²) in [6.45, 7) is 0. The zero-order valence-electron chi connectivity index (χ0n) is 8.56. The number of rotatable bonds is 3. The van der Waals surface area contributed by atoms with Gasteiger partial charge in [0.25, 0.3) is 0 Å². The van der Waals surface area contributed by atoms with E-state index in [1.807, 2.05) is 0 Å². The topological polar surface area (TPSA) is 92.4 Å². The molecule has 0 atom stereocenters. The van der Waals surface area contributed by atoms with E-state index in [4.69, 9.17) is 5.73 Å². The fourth-order valence-electron chi connectivity index (χ4n) is 1.87. The zero-order valence-corrected chi connectivity index (χ0v) is 8.56. The minimum atomic E-state index is -0.855. The van der Waals surface area contributed by atoms with E-state index in [2.05, 4.69) is 5.32 Å². The Morgan fingerprint density at radius 2 is 1.94 bits per heavy atom. The fourth-order valence-corrected chi connectivity index (χ4v) is 1.87. The van der Waals surface area contributed by atoms with Gasteiger partial charge in [-0.15, -0.1) is 0 Å². The maximum Gasteiger partial charge on any atom is 0.316 e. The Morgan fingerprint density at radius 3 is 2.44 bits per heavy atom. The van der Waals surface area contributed by atoms with Crippen LogP contribution in [0.25, 0.3) is 0 Å². The Kier molecular flexibility index (Phi) is 2.30. The van der Waals surface area contributed by atoms with Gasteiger partial charge in [0.05, 0.1) is 5.41 Å². The lowest BCUT2D eigenvalue weighted by atomic mass is 9.94.